The Balaban J connectivity index is 1.60. The van der Waals surface area contributed by atoms with Gasteiger partial charge >= 0.3 is 0 Å². The highest BCUT2D eigenvalue weighted by Gasteiger charge is 2.38. The van der Waals surface area contributed by atoms with Crippen molar-refractivity contribution in [3.05, 3.63) is 24.2 Å². The fourth-order valence-corrected chi connectivity index (χ4v) is 3.18. The average molecular weight is 248 g/mol. The average Bonchev–Trinajstić information content (AvgIpc) is 2.92. The summed E-state index contributed by atoms with van der Waals surface area (Å²) in [6.07, 6.45) is 6.79. The Morgan fingerprint density at radius 1 is 1.33 bits per heavy atom. The molecule has 2 saturated heterocycles. The number of amides is 1. The lowest BCUT2D eigenvalue weighted by atomic mass is 9.89. The molecule has 18 heavy (non-hydrogen) atoms. The van der Waals surface area contributed by atoms with Crippen LogP contribution in [0.25, 0.3) is 0 Å². The van der Waals surface area contributed by atoms with Crippen molar-refractivity contribution in [1.82, 2.24) is 10.2 Å². The van der Waals surface area contributed by atoms with Crippen molar-refractivity contribution >= 4 is 5.91 Å². The molecular formula is C14H20N2O2. The fourth-order valence-electron chi connectivity index (χ4n) is 3.18. The van der Waals surface area contributed by atoms with Crippen molar-refractivity contribution in [1.29, 1.82) is 0 Å². The molecule has 0 radical (unpaired) electrons. The van der Waals surface area contributed by atoms with Gasteiger partial charge in [0, 0.05) is 18.5 Å². The summed E-state index contributed by atoms with van der Waals surface area (Å²) in [6.45, 7) is 3.02. The lowest BCUT2D eigenvalue weighted by molar-refractivity contribution is -0.119. The molecule has 2 fully saturated rings. The molecule has 1 amide bonds. The van der Waals surface area contributed by atoms with E-state index in [0.29, 0.717) is 6.42 Å². The quantitative estimate of drug-likeness (QED) is 0.869. The van der Waals surface area contributed by atoms with E-state index in [1.165, 1.54) is 0 Å². The lowest BCUT2D eigenvalue weighted by Crippen LogP contribution is -2.42. The third kappa shape index (κ3) is 2.43. The second kappa shape index (κ2) is 4.76. The zero-order chi connectivity index (χ0) is 12.4. The third-order valence-electron chi connectivity index (χ3n) is 4.23. The van der Waals surface area contributed by atoms with Crippen molar-refractivity contribution in [2.24, 2.45) is 0 Å². The van der Waals surface area contributed by atoms with Gasteiger partial charge in [-0.2, -0.15) is 0 Å². The van der Waals surface area contributed by atoms with Crippen LogP contribution in [0.1, 0.15) is 37.9 Å². The molecular weight excluding hydrogens is 228 g/mol. The van der Waals surface area contributed by atoms with E-state index in [0.717, 1.165) is 51.1 Å². The zero-order valence-corrected chi connectivity index (χ0v) is 10.7. The predicted molar refractivity (Wildman–Crippen MR) is 67.9 cm³/mol. The Bertz CT molecular complexity index is 415. The van der Waals surface area contributed by atoms with Gasteiger partial charge in [-0.25, -0.2) is 0 Å². The number of carbonyl (C=O) groups is 1. The minimum Gasteiger partial charge on any atom is -0.468 e. The van der Waals surface area contributed by atoms with E-state index in [9.17, 15) is 4.79 Å². The Hall–Kier alpha value is -1.29. The lowest BCUT2D eigenvalue weighted by Gasteiger charge is -2.27. The van der Waals surface area contributed by atoms with Crippen LogP contribution in [0, 0.1) is 0 Å². The maximum atomic E-state index is 11.4. The maximum absolute atomic E-state index is 11.4. The Labute approximate surface area is 107 Å². The van der Waals surface area contributed by atoms with E-state index in [1.807, 2.05) is 12.1 Å². The molecule has 0 aliphatic carbocycles. The number of likely N-dealkylation sites (tertiary alicyclic amines) is 1. The summed E-state index contributed by atoms with van der Waals surface area (Å²) in [5.41, 5.74) is 0.0923. The smallest absolute Gasteiger partial charge is 0.220 e. The minimum absolute atomic E-state index is 0.0923. The van der Waals surface area contributed by atoms with Gasteiger partial charge in [0.1, 0.15) is 5.76 Å². The Morgan fingerprint density at radius 2 is 2.28 bits per heavy atom. The van der Waals surface area contributed by atoms with Crippen LogP contribution in [0.2, 0.25) is 0 Å². The van der Waals surface area contributed by atoms with Gasteiger partial charge in [-0.15, -0.1) is 0 Å². The van der Waals surface area contributed by atoms with Gasteiger partial charge in [0.2, 0.25) is 5.91 Å². The topological polar surface area (TPSA) is 45.5 Å². The molecule has 98 valence electrons. The molecule has 3 rings (SSSR count). The number of nitrogens with one attached hydrogen (secondary N) is 1. The maximum Gasteiger partial charge on any atom is 0.220 e. The molecule has 4 heteroatoms. The molecule has 2 aliphatic heterocycles. The van der Waals surface area contributed by atoms with E-state index in [-0.39, 0.29) is 11.4 Å². The fraction of sp³-hybridized carbons (Fsp3) is 0.643. The summed E-state index contributed by atoms with van der Waals surface area (Å²) in [5, 5.41) is 3.20. The van der Waals surface area contributed by atoms with Gasteiger partial charge in [-0.3, -0.25) is 9.69 Å². The number of furan rings is 1. The number of rotatable bonds is 2. The first kappa shape index (κ1) is 11.8. The van der Waals surface area contributed by atoms with Gasteiger partial charge in [0.05, 0.1) is 12.8 Å². The van der Waals surface area contributed by atoms with Crippen LogP contribution in [0.15, 0.2) is 22.8 Å². The van der Waals surface area contributed by atoms with E-state index in [4.69, 9.17) is 4.42 Å². The molecule has 1 unspecified atom stereocenters. The molecule has 0 bridgehead atoms. The van der Waals surface area contributed by atoms with Gasteiger partial charge in [0.15, 0.2) is 0 Å². The first-order chi connectivity index (χ1) is 8.76. The summed E-state index contributed by atoms with van der Waals surface area (Å²) < 4.78 is 5.40. The summed E-state index contributed by atoms with van der Waals surface area (Å²) >= 11 is 0. The number of carbonyl (C=O) groups excluding carboxylic acids is 1. The second-order valence-electron chi connectivity index (χ2n) is 5.54. The van der Waals surface area contributed by atoms with E-state index in [2.05, 4.69) is 10.2 Å². The zero-order valence-electron chi connectivity index (χ0n) is 10.7. The Morgan fingerprint density at radius 3 is 3.00 bits per heavy atom. The molecule has 2 aliphatic rings. The molecule has 1 aromatic rings. The number of hydrogen-bond acceptors (Lipinski definition) is 3. The molecule has 4 nitrogen and oxygen atoms in total. The first-order valence-electron chi connectivity index (χ1n) is 6.82. The molecule has 1 aromatic heterocycles. The van der Waals surface area contributed by atoms with Crippen LogP contribution >= 0.6 is 0 Å². The van der Waals surface area contributed by atoms with E-state index < -0.39 is 0 Å². The van der Waals surface area contributed by atoms with Crippen LogP contribution in [-0.4, -0.2) is 29.4 Å². The largest absolute Gasteiger partial charge is 0.468 e. The van der Waals surface area contributed by atoms with Crippen molar-refractivity contribution in [3.8, 4) is 0 Å². The monoisotopic (exact) mass is 248 g/mol. The summed E-state index contributed by atoms with van der Waals surface area (Å²) in [4.78, 5) is 13.9. The second-order valence-corrected chi connectivity index (χ2v) is 5.54. The van der Waals surface area contributed by atoms with Gasteiger partial charge < -0.3 is 9.73 Å². The van der Waals surface area contributed by atoms with E-state index in [1.54, 1.807) is 6.26 Å². The van der Waals surface area contributed by atoms with Crippen molar-refractivity contribution in [3.63, 3.8) is 0 Å². The Kier molecular flexibility index (Phi) is 3.12. The molecule has 0 aromatic carbocycles. The molecule has 1 spiro atoms. The van der Waals surface area contributed by atoms with Crippen LogP contribution in [-0.2, 0) is 11.3 Å². The highest BCUT2D eigenvalue weighted by molar-refractivity contribution is 5.79. The highest BCUT2D eigenvalue weighted by Crippen LogP contribution is 2.31. The summed E-state index contributed by atoms with van der Waals surface area (Å²) in [5.74, 6) is 1.26. The van der Waals surface area contributed by atoms with Crippen LogP contribution < -0.4 is 5.32 Å². The number of hydrogen-bond donors (Lipinski definition) is 1. The molecule has 1 N–H and O–H groups in total. The third-order valence-corrected chi connectivity index (χ3v) is 4.23. The highest BCUT2D eigenvalue weighted by atomic mass is 16.3. The summed E-state index contributed by atoms with van der Waals surface area (Å²) in [6, 6.07) is 3.96. The molecule has 1 atom stereocenters. The van der Waals surface area contributed by atoms with E-state index >= 15 is 0 Å². The number of nitrogens with zero attached hydrogens (tertiary/aromatic N) is 1. The van der Waals surface area contributed by atoms with Crippen molar-refractivity contribution in [2.45, 2.75) is 44.2 Å². The first-order valence-corrected chi connectivity index (χ1v) is 6.82. The van der Waals surface area contributed by atoms with Crippen molar-refractivity contribution in [2.75, 3.05) is 13.1 Å². The van der Waals surface area contributed by atoms with Crippen LogP contribution in [0.5, 0.6) is 0 Å². The van der Waals surface area contributed by atoms with Gasteiger partial charge in [-0.05, 0) is 44.4 Å². The predicted octanol–water partition coefficient (Wildman–Crippen LogP) is 1.91. The SMILES string of the molecule is O=C1CCC2(CCCN(Cc3ccco3)CC2)N1. The van der Waals surface area contributed by atoms with Crippen LogP contribution in [0.4, 0.5) is 0 Å². The summed E-state index contributed by atoms with van der Waals surface area (Å²) in [7, 11) is 0. The van der Waals surface area contributed by atoms with Gasteiger partial charge in [0.25, 0.3) is 0 Å². The van der Waals surface area contributed by atoms with Crippen molar-refractivity contribution < 1.29 is 9.21 Å². The molecule has 0 saturated carbocycles. The normalized spacial score (nSPS) is 29.4. The van der Waals surface area contributed by atoms with Gasteiger partial charge in [-0.1, -0.05) is 0 Å². The minimum atomic E-state index is 0.0923. The van der Waals surface area contributed by atoms with Crippen LogP contribution in [0.3, 0.4) is 0 Å². The standard InChI is InChI=1S/C14H20N2O2/c17-13-4-6-14(15-13)5-2-8-16(9-7-14)11-12-3-1-10-18-12/h1,3,10H,2,4-9,11H2,(H,15,17). The molecule has 3 heterocycles.